The fourth-order valence-electron chi connectivity index (χ4n) is 2.78. The van der Waals surface area contributed by atoms with E-state index in [0.29, 0.717) is 10.4 Å². The number of benzene rings is 1. The SMILES string of the molecule is CC(C)CC1(C)CNCC(c2ccc(F)c(Br)c2)O1. The van der Waals surface area contributed by atoms with Crippen LogP contribution < -0.4 is 5.32 Å². The molecule has 4 heteroatoms. The van der Waals surface area contributed by atoms with Gasteiger partial charge < -0.3 is 10.1 Å². The second kappa shape index (κ2) is 5.90. The summed E-state index contributed by atoms with van der Waals surface area (Å²) in [7, 11) is 0. The van der Waals surface area contributed by atoms with Crippen LogP contribution >= 0.6 is 15.9 Å². The maximum atomic E-state index is 13.3. The highest BCUT2D eigenvalue weighted by molar-refractivity contribution is 9.10. The molecule has 1 saturated heterocycles. The second-order valence-electron chi connectivity index (χ2n) is 5.96. The van der Waals surface area contributed by atoms with Crippen molar-refractivity contribution < 1.29 is 9.13 Å². The molecule has 1 aromatic carbocycles. The molecule has 2 unspecified atom stereocenters. The van der Waals surface area contributed by atoms with Crippen molar-refractivity contribution in [3.05, 3.63) is 34.1 Å². The van der Waals surface area contributed by atoms with Crippen LogP contribution in [0.2, 0.25) is 0 Å². The van der Waals surface area contributed by atoms with Gasteiger partial charge in [-0.15, -0.1) is 0 Å². The van der Waals surface area contributed by atoms with Gasteiger partial charge in [-0.1, -0.05) is 19.9 Å². The van der Waals surface area contributed by atoms with E-state index in [1.807, 2.05) is 6.07 Å². The maximum Gasteiger partial charge on any atom is 0.137 e. The lowest BCUT2D eigenvalue weighted by molar-refractivity contribution is -0.117. The van der Waals surface area contributed by atoms with Gasteiger partial charge in [0.25, 0.3) is 0 Å². The molecule has 19 heavy (non-hydrogen) atoms. The van der Waals surface area contributed by atoms with E-state index < -0.39 is 0 Å². The molecule has 0 radical (unpaired) electrons. The summed E-state index contributed by atoms with van der Waals surface area (Å²) in [6.45, 7) is 8.18. The molecule has 1 N–H and O–H groups in total. The normalized spacial score (nSPS) is 27.8. The number of halogens is 2. The Morgan fingerprint density at radius 3 is 2.89 bits per heavy atom. The van der Waals surface area contributed by atoms with E-state index in [-0.39, 0.29) is 17.5 Å². The van der Waals surface area contributed by atoms with E-state index in [1.54, 1.807) is 6.07 Å². The monoisotopic (exact) mass is 329 g/mol. The van der Waals surface area contributed by atoms with Crippen LogP contribution in [0.25, 0.3) is 0 Å². The molecule has 2 atom stereocenters. The summed E-state index contributed by atoms with van der Waals surface area (Å²) >= 11 is 3.23. The molecule has 1 heterocycles. The van der Waals surface area contributed by atoms with Crippen molar-refractivity contribution >= 4 is 15.9 Å². The molecular formula is C15H21BrFNO. The summed E-state index contributed by atoms with van der Waals surface area (Å²) in [5.41, 5.74) is 0.855. The maximum absolute atomic E-state index is 13.3. The number of rotatable bonds is 3. The van der Waals surface area contributed by atoms with Gasteiger partial charge in [0.1, 0.15) is 5.82 Å². The first-order chi connectivity index (χ1) is 8.89. The van der Waals surface area contributed by atoms with Crippen LogP contribution in [0.3, 0.4) is 0 Å². The summed E-state index contributed by atoms with van der Waals surface area (Å²) in [5.74, 6) is 0.350. The van der Waals surface area contributed by atoms with Crippen LogP contribution in [-0.4, -0.2) is 18.7 Å². The number of morpholine rings is 1. The summed E-state index contributed by atoms with van der Waals surface area (Å²) < 4.78 is 20.0. The highest BCUT2D eigenvalue weighted by atomic mass is 79.9. The second-order valence-corrected chi connectivity index (χ2v) is 6.81. The van der Waals surface area contributed by atoms with E-state index in [2.05, 4.69) is 42.0 Å². The third-order valence-corrected chi connectivity index (χ3v) is 4.02. The third-order valence-electron chi connectivity index (χ3n) is 3.41. The van der Waals surface area contributed by atoms with Gasteiger partial charge in [0, 0.05) is 13.1 Å². The minimum Gasteiger partial charge on any atom is -0.365 e. The first kappa shape index (κ1) is 14.9. The van der Waals surface area contributed by atoms with Gasteiger partial charge in [0.15, 0.2) is 0 Å². The summed E-state index contributed by atoms with van der Waals surface area (Å²) in [6.07, 6.45) is 0.994. The molecule has 2 rings (SSSR count). The van der Waals surface area contributed by atoms with E-state index in [0.717, 1.165) is 25.1 Å². The molecule has 1 aliphatic heterocycles. The lowest BCUT2D eigenvalue weighted by Crippen LogP contribution is -2.49. The van der Waals surface area contributed by atoms with E-state index in [1.165, 1.54) is 6.07 Å². The topological polar surface area (TPSA) is 21.3 Å². The van der Waals surface area contributed by atoms with Crippen molar-refractivity contribution in [1.29, 1.82) is 0 Å². The van der Waals surface area contributed by atoms with Gasteiger partial charge in [-0.05, 0) is 52.9 Å². The van der Waals surface area contributed by atoms with Gasteiger partial charge in [-0.25, -0.2) is 4.39 Å². The fraction of sp³-hybridized carbons (Fsp3) is 0.600. The van der Waals surface area contributed by atoms with Gasteiger partial charge in [-0.2, -0.15) is 0 Å². The molecule has 0 aliphatic carbocycles. The zero-order chi connectivity index (χ0) is 14.0. The predicted molar refractivity (Wildman–Crippen MR) is 78.7 cm³/mol. The van der Waals surface area contributed by atoms with Gasteiger partial charge >= 0.3 is 0 Å². The van der Waals surface area contributed by atoms with E-state index in [4.69, 9.17) is 4.74 Å². The standard InChI is InChI=1S/C15H21BrFNO/c1-10(2)7-15(3)9-18-8-14(19-15)11-4-5-13(17)12(16)6-11/h4-6,10,14,18H,7-9H2,1-3H3. The summed E-state index contributed by atoms with van der Waals surface area (Å²) in [6, 6.07) is 5.09. The summed E-state index contributed by atoms with van der Waals surface area (Å²) in [5, 5.41) is 3.43. The van der Waals surface area contributed by atoms with Crippen molar-refractivity contribution in [1.82, 2.24) is 5.32 Å². The highest BCUT2D eigenvalue weighted by Gasteiger charge is 2.34. The molecule has 1 fully saturated rings. The largest absolute Gasteiger partial charge is 0.365 e. The number of ether oxygens (including phenoxy) is 1. The van der Waals surface area contributed by atoms with Crippen LogP contribution in [0, 0.1) is 11.7 Å². The van der Waals surface area contributed by atoms with Crippen LogP contribution in [0.4, 0.5) is 4.39 Å². The minimum absolute atomic E-state index is 0.0191. The zero-order valence-corrected chi connectivity index (χ0v) is 13.3. The van der Waals surface area contributed by atoms with E-state index in [9.17, 15) is 4.39 Å². The first-order valence-electron chi connectivity index (χ1n) is 6.73. The molecule has 106 valence electrons. The molecule has 0 saturated carbocycles. The lowest BCUT2D eigenvalue weighted by Gasteiger charge is -2.40. The Kier molecular flexibility index (Phi) is 4.64. The number of nitrogens with one attached hydrogen (secondary N) is 1. The van der Waals surface area contributed by atoms with Gasteiger partial charge in [-0.3, -0.25) is 0 Å². The first-order valence-corrected chi connectivity index (χ1v) is 7.52. The lowest BCUT2D eigenvalue weighted by atomic mass is 9.91. The smallest absolute Gasteiger partial charge is 0.137 e. The van der Waals surface area contributed by atoms with Crippen LogP contribution in [0.15, 0.2) is 22.7 Å². The number of hydrogen-bond acceptors (Lipinski definition) is 2. The predicted octanol–water partition coefficient (Wildman–Crippen LogP) is 4.05. The molecule has 0 aromatic heterocycles. The molecule has 0 bridgehead atoms. The average Bonchev–Trinajstić information content (AvgIpc) is 2.31. The van der Waals surface area contributed by atoms with Crippen LogP contribution in [0.5, 0.6) is 0 Å². The van der Waals surface area contributed by atoms with Crippen molar-refractivity contribution in [2.75, 3.05) is 13.1 Å². The Balaban J connectivity index is 2.14. The molecule has 0 spiro atoms. The quantitative estimate of drug-likeness (QED) is 0.903. The Hall–Kier alpha value is -0.450. The van der Waals surface area contributed by atoms with Gasteiger partial charge in [0.2, 0.25) is 0 Å². The fourth-order valence-corrected chi connectivity index (χ4v) is 3.17. The zero-order valence-electron chi connectivity index (χ0n) is 11.7. The Morgan fingerprint density at radius 2 is 2.26 bits per heavy atom. The van der Waals surface area contributed by atoms with Crippen molar-refractivity contribution in [3.63, 3.8) is 0 Å². The molecule has 0 amide bonds. The molecule has 1 aromatic rings. The third kappa shape index (κ3) is 3.77. The van der Waals surface area contributed by atoms with Gasteiger partial charge in [0.05, 0.1) is 16.2 Å². The average molecular weight is 330 g/mol. The Bertz CT molecular complexity index is 452. The Labute approximate surface area is 122 Å². The van der Waals surface area contributed by atoms with Crippen molar-refractivity contribution in [2.45, 2.75) is 38.9 Å². The molecule has 1 aliphatic rings. The van der Waals surface area contributed by atoms with Crippen molar-refractivity contribution in [2.24, 2.45) is 5.92 Å². The van der Waals surface area contributed by atoms with Crippen molar-refractivity contribution in [3.8, 4) is 0 Å². The van der Waals surface area contributed by atoms with Crippen LogP contribution in [0.1, 0.15) is 38.9 Å². The molecular weight excluding hydrogens is 309 g/mol. The van der Waals surface area contributed by atoms with Crippen LogP contribution in [-0.2, 0) is 4.74 Å². The summed E-state index contributed by atoms with van der Waals surface area (Å²) in [4.78, 5) is 0. The highest BCUT2D eigenvalue weighted by Crippen LogP contribution is 2.32. The number of hydrogen-bond donors (Lipinski definition) is 1. The minimum atomic E-state index is -0.238. The van der Waals surface area contributed by atoms with E-state index >= 15 is 0 Å². The Morgan fingerprint density at radius 1 is 1.53 bits per heavy atom. The molecule has 2 nitrogen and oxygen atoms in total.